The van der Waals surface area contributed by atoms with Crippen molar-refractivity contribution in [3.63, 3.8) is 0 Å². The standard InChI is InChI=1S/C21H23N3O2S/c1-3-17-15(10-14(2)16-6-9-27-13-16)4-8-23-20(17)12-24-19-11-22-7-5-18(19)21(25)26/h3,5-7,9-11,13,20,23-24H,1,4,8,12H2,2H3,(H,25,26)/b14-10+/t20-/m0/s1. The number of aromatic nitrogens is 1. The largest absolute Gasteiger partial charge is 0.478 e. The molecule has 1 aliphatic heterocycles. The smallest absolute Gasteiger partial charge is 0.337 e. The highest BCUT2D eigenvalue weighted by atomic mass is 32.1. The molecule has 0 unspecified atom stereocenters. The van der Waals surface area contributed by atoms with Crippen molar-refractivity contribution >= 4 is 28.6 Å². The summed E-state index contributed by atoms with van der Waals surface area (Å²) in [6.45, 7) is 7.55. The lowest BCUT2D eigenvalue weighted by Gasteiger charge is -2.28. The van der Waals surface area contributed by atoms with Crippen LogP contribution in [0.3, 0.4) is 0 Å². The normalized spacial score (nSPS) is 17.7. The monoisotopic (exact) mass is 381 g/mol. The summed E-state index contributed by atoms with van der Waals surface area (Å²) in [5.41, 5.74) is 5.63. The third kappa shape index (κ3) is 4.53. The summed E-state index contributed by atoms with van der Waals surface area (Å²) in [4.78, 5) is 15.4. The quantitative estimate of drug-likeness (QED) is 0.670. The summed E-state index contributed by atoms with van der Waals surface area (Å²) in [5.74, 6) is -0.967. The molecule has 0 amide bonds. The first-order valence-corrected chi connectivity index (χ1v) is 9.75. The lowest BCUT2D eigenvalue weighted by atomic mass is 9.92. The molecule has 2 aromatic heterocycles. The van der Waals surface area contributed by atoms with Crippen LogP contribution in [0.15, 0.2) is 65.2 Å². The first kappa shape index (κ1) is 19.1. The number of carbonyl (C=O) groups is 1. The van der Waals surface area contributed by atoms with Crippen molar-refractivity contribution in [3.8, 4) is 0 Å². The van der Waals surface area contributed by atoms with E-state index in [4.69, 9.17) is 0 Å². The van der Waals surface area contributed by atoms with Crippen molar-refractivity contribution in [3.05, 3.63) is 76.3 Å². The van der Waals surface area contributed by atoms with Gasteiger partial charge in [-0.3, -0.25) is 4.98 Å². The second-order valence-electron chi connectivity index (χ2n) is 6.39. The van der Waals surface area contributed by atoms with E-state index in [1.807, 2.05) is 6.08 Å². The zero-order chi connectivity index (χ0) is 19.2. The second kappa shape index (κ2) is 8.79. The number of rotatable bonds is 7. The number of carboxylic acid groups (broad SMARTS) is 1. The Bertz CT molecular complexity index is 885. The number of nitrogens with one attached hydrogen (secondary N) is 2. The number of nitrogens with zero attached hydrogens (tertiary/aromatic N) is 1. The van der Waals surface area contributed by atoms with Crippen LogP contribution in [0, 0.1) is 0 Å². The molecule has 140 valence electrons. The van der Waals surface area contributed by atoms with E-state index in [-0.39, 0.29) is 11.6 Å². The predicted molar refractivity (Wildman–Crippen MR) is 111 cm³/mol. The summed E-state index contributed by atoms with van der Waals surface area (Å²) in [6, 6.07) is 3.68. The molecule has 1 aliphatic rings. The number of aromatic carboxylic acids is 1. The van der Waals surface area contributed by atoms with E-state index >= 15 is 0 Å². The average Bonchev–Trinajstić information content (AvgIpc) is 3.21. The fourth-order valence-corrected chi connectivity index (χ4v) is 3.95. The SMILES string of the molecule is C=CC1=C(/C=C(\C)c2ccsc2)CCN[C@H]1CNc1cnccc1C(=O)O. The minimum atomic E-state index is -0.967. The molecule has 5 nitrogen and oxygen atoms in total. The van der Waals surface area contributed by atoms with E-state index in [0.717, 1.165) is 18.5 Å². The zero-order valence-corrected chi connectivity index (χ0v) is 16.1. The maximum atomic E-state index is 11.4. The third-order valence-corrected chi connectivity index (χ3v) is 5.35. The molecular formula is C21H23N3O2S. The Balaban J connectivity index is 1.80. The van der Waals surface area contributed by atoms with Gasteiger partial charge in [0.2, 0.25) is 0 Å². The Hall–Kier alpha value is -2.70. The highest BCUT2D eigenvalue weighted by Crippen LogP contribution is 2.26. The topological polar surface area (TPSA) is 74.2 Å². The van der Waals surface area contributed by atoms with Crippen LogP contribution in [0.4, 0.5) is 5.69 Å². The van der Waals surface area contributed by atoms with Crippen LogP contribution in [-0.2, 0) is 0 Å². The molecule has 6 heteroatoms. The van der Waals surface area contributed by atoms with Gasteiger partial charge in [0.05, 0.1) is 17.4 Å². The maximum Gasteiger partial charge on any atom is 0.337 e. The van der Waals surface area contributed by atoms with Crippen molar-refractivity contribution in [2.75, 3.05) is 18.4 Å². The molecule has 1 atom stereocenters. The van der Waals surface area contributed by atoms with Gasteiger partial charge < -0.3 is 15.7 Å². The van der Waals surface area contributed by atoms with Gasteiger partial charge in [0.15, 0.2) is 0 Å². The Kier molecular flexibility index (Phi) is 6.21. The number of pyridine rings is 1. The number of hydrogen-bond acceptors (Lipinski definition) is 5. The van der Waals surface area contributed by atoms with Crippen LogP contribution in [-0.4, -0.2) is 35.2 Å². The lowest BCUT2D eigenvalue weighted by molar-refractivity contribution is 0.0698. The molecule has 2 aromatic rings. The van der Waals surface area contributed by atoms with Gasteiger partial charge in [0.1, 0.15) is 0 Å². The minimum absolute atomic E-state index is 0.0552. The van der Waals surface area contributed by atoms with Crippen LogP contribution in [0.2, 0.25) is 0 Å². The summed E-state index contributed by atoms with van der Waals surface area (Å²) >= 11 is 1.69. The molecular weight excluding hydrogens is 358 g/mol. The molecule has 0 spiro atoms. The van der Waals surface area contributed by atoms with Crippen molar-refractivity contribution in [1.29, 1.82) is 0 Å². The van der Waals surface area contributed by atoms with Crippen LogP contribution >= 0.6 is 11.3 Å². The highest BCUT2D eigenvalue weighted by Gasteiger charge is 2.20. The van der Waals surface area contributed by atoms with Gasteiger partial charge in [-0.1, -0.05) is 18.7 Å². The van der Waals surface area contributed by atoms with Crippen molar-refractivity contribution in [2.24, 2.45) is 0 Å². The number of hydrogen-bond donors (Lipinski definition) is 3. The second-order valence-corrected chi connectivity index (χ2v) is 7.17. The molecule has 0 aromatic carbocycles. The summed E-state index contributed by atoms with van der Waals surface area (Å²) in [6.07, 6.45) is 8.10. The lowest BCUT2D eigenvalue weighted by Crippen LogP contribution is -2.41. The molecule has 0 bridgehead atoms. The van der Waals surface area contributed by atoms with Crippen LogP contribution < -0.4 is 10.6 Å². The highest BCUT2D eigenvalue weighted by molar-refractivity contribution is 7.08. The first-order valence-electron chi connectivity index (χ1n) is 8.81. The van der Waals surface area contributed by atoms with Gasteiger partial charge in [-0.25, -0.2) is 4.79 Å². The molecule has 3 rings (SSSR count). The Labute approximate surface area is 163 Å². The molecule has 0 aliphatic carbocycles. The van der Waals surface area contributed by atoms with Gasteiger partial charge in [-0.15, -0.1) is 0 Å². The number of thiophene rings is 1. The van der Waals surface area contributed by atoms with E-state index in [2.05, 4.69) is 52.0 Å². The average molecular weight is 382 g/mol. The zero-order valence-electron chi connectivity index (χ0n) is 15.2. The fourth-order valence-electron chi connectivity index (χ4n) is 3.24. The fraction of sp³-hybridized carbons (Fsp3) is 0.238. The van der Waals surface area contributed by atoms with E-state index in [1.54, 1.807) is 17.5 Å². The van der Waals surface area contributed by atoms with Crippen LogP contribution in [0.25, 0.3) is 5.57 Å². The summed E-state index contributed by atoms with van der Waals surface area (Å²) in [7, 11) is 0. The molecule has 0 saturated carbocycles. The van der Waals surface area contributed by atoms with Gasteiger partial charge in [-0.2, -0.15) is 11.3 Å². The number of carboxylic acids is 1. The predicted octanol–water partition coefficient (Wildman–Crippen LogP) is 4.20. The summed E-state index contributed by atoms with van der Waals surface area (Å²) in [5, 5.41) is 20.3. The minimum Gasteiger partial charge on any atom is -0.478 e. The molecule has 27 heavy (non-hydrogen) atoms. The molecule has 0 saturated heterocycles. The number of anilines is 1. The molecule has 3 heterocycles. The van der Waals surface area contributed by atoms with Gasteiger partial charge >= 0.3 is 5.97 Å². The van der Waals surface area contributed by atoms with E-state index in [1.165, 1.54) is 29.0 Å². The van der Waals surface area contributed by atoms with E-state index in [9.17, 15) is 9.90 Å². The Morgan fingerprint density at radius 1 is 1.52 bits per heavy atom. The van der Waals surface area contributed by atoms with Gasteiger partial charge in [0, 0.05) is 18.8 Å². The van der Waals surface area contributed by atoms with Crippen LogP contribution in [0.5, 0.6) is 0 Å². The van der Waals surface area contributed by atoms with Crippen molar-refractivity contribution < 1.29 is 9.90 Å². The van der Waals surface area contributed by atoms with E-state index in [0.29, 0.717) is 12.2 Å². The number of allylic oxidation sites excluding steroid dienone is 2. The Morgan fingerprint density at radius 3 is 3.07 bits per heavy atom. The molecule has 3 N–H and O–H groups in total. The first-order chi connectivity index (χ1) is 13.1. The van der Waals surface area contributed by atoms with E-state index < -0.39 is 5.97 Å². The van der Waals surface area contributed by atoms with Crippen molar-refractivity contribution in [2.45, 2.75) is 19.4 Å². The third-order valence-electron chi connectivity index (χ3n) is 4.67. The van der Waals surface area contributed by atoms with Crippen molar-refractivity contribution in [1.82, 2.24) is 10.3 Å². The summed E-state index contributed by atoms with van der Waals surface area (Å²) < 4.78 is 0. The molecule has 0 fully saturated rings. The Morgan fingerprint density at radius 2 is 2.37 bits per heavy atom. The molecule has 0 radical (unpaired) electrons. The van der Waals surface area contributed by atoms with Gasteiger partial charge in [0.25, 0.3) is 0 Å². The van der Waals surface area contributed by atoms with Gasteiger partial charge in [-0.05, 0) is 65.1 Å². The van der Waals surface area contributed by atoms with Crippen LogP contribution in [0.1, 0.15) is 29.3 Å². The maximum absolute atomic E-state index is 11.4.